The van der Waals surface area contributed by atoms with Gasteiger partial charge in [0.1, 0.15) is 6.04 Å². The van der Waals surface area contributed by atoms with Crippen molar-refractivity contribution in [1.82, 2.24) is 34.9 Å². The number of rotatable bonds is 8. The molecule has 0 radical (unpaired) electrons. The number of hydrogen-bond acceptors (Lipinski definition) is 7. The minimum atomic E-state index is -0.389. The highest BCUT2D eigenvalue weighted by Gasteiger charge is 2.34. The highest BCUT2D eigenvalue weighted by atomic mass is 16.5. The molecule has 0 spiro atoms. The van der Waals surface area contributed by atoms with E-state index in [-0.39, 0.29) is 17.9 Å². The zero-order valence-corrected chi connectivity index (χ0v) is 17.8. The number of aromatic nitrogens is 4. The molecule has 0 aliphatic carbocycles. The fourth-order valence-electron chi connectivity index (χ4n) is 3.89. The van der Waals surface area contributed by atoms with Gasteiger partial charge in [0.2, 0.25) is 11.8 Å². The molecule has 2 aliphatic heterocycles. The average molecular weight is 408 g/mol. The van der Waals surface area contributed by atoms with Crippen LogP contribution in [0.1, 0.15) is 39.4 Å². The number of aryl methyl sites for hydroxylation is 1. The van der Waals surface area contributed by atoms with Gasteiger partial charge in [0, 0.05) is 45.7 Å². The SMILES string of the molecule is CC(C)CN1CCN(C(=O)CCCn2nnnc2CN2CCOCC2)[C@@H](C)C1=O. The first-order valence-electron chi connectivity index (χ1n) is 10.6. The average Bonchev–Trinajstić information content (AvgIpc) is 3.13. The molecule has 162 valence electrons. The van der Waals surface area contributed by atoms with Gasteiger partial charge >= 0.3 is 0 Å². The maximum Gasteiger partial charge on any atom is 0.245 e. The van der Waals surface area contributed by atoms with Crippen molar-refractivity contribution >= 4 is 11.8 Å². The summed E-state index contributed by atoms with van der Waals surface area (Å²) in [5.74, 6) is 1.31. The van der Waals surface area contributed by atoms with E-state index in [2.05, 4.69) is 34.3 Å². The van der Waals surface area contributed by atoms with E-state index in [1.54, 1.807) is 9.58 Å². The number of amides is 2. The van der Waals surface area contributed by atoms with Crippen molar-refractivity contribution in [2.24, 2.45) is 5.92 Å². The van der Waals surface area contributed by atoms with Crippen molar-refractivity contribution in [2.45, 2.75) is 52.7 Å². The summed E-state index contributed by atoms with van der Waals surface area (Å²) >= 11 is 0. The predicted molar refractivity (Wildman–Crippen MR) is 106 cm³/mol. The standard InChI is InChI=1S/C19H33N7O3/c1-15(2)13-24-7-8-25(16(3)19(24)28)18(27)5-4-6-26-17(20-21-22-26)14-23-9-11-29-12-10-23/h15-16H,4-14H2,1-3H3/t16-/m0/s1. The Kier molecular flexibility index (Phi) is 7.54. The minimum absolute atomic E-state index is 0.0258. The highest BCUT2D eigenvalue weighted by molar-refractivity contribution is 5.88. The Hall–Kier alpha value is -2.07. The third-order valence-electron chi connectivity index (χ3n) is 5.49. The van der Waals surface area contributed by atoms with E-state index in [1.807, 2.05) is 11.8 Å². The van der Waals surface area contributed by atoms with Gasteiger partial charge < -0.3 is 14.5 Å². The summed E-state index contributed by atoms with van der Waals surface area (Å²) in [7, 11) is 0. The van der Waals surface area contributed by atoms with Gasteiger partial charge in [-0.2, -0.15) is 0 Å². The largest absolute Gasteiger partial charge is 0.379 e. The lowest BCUT2D eigenvalue weighted by Gasteiger charge is -2.39. The van der Waals surface area contributed by atoms with Crippen LogP contribution in [0.15, 0.2) is 0 Å². The Bertz CT molecular complexity index is 687. The second kappa shape index (κ2) is 10.1. The lowest BCUT2D eigenvalue weighted by atomic mass is 10.1. The predicted octanol–water partition coefficient (Wildman–Crippen LogP) is 0.000800. The third kappa shape index (κ3) is 5.72. The van der Waals surface area contributed by atoms with Gasteiger partial charge in [-0.15, -0.1) is 5.10 Å². The van der Waals surface area contributed by atoms with Gasteiger partial charge in [-0.05, 0) is 29.7 Å². The molecule has 0 aromatic carbocycles. The molecule has 10 heteroatoms. The highest BCUT2D eigenvalue weighted by Crippen LogP contribution is 2.15. The van der Waals surface area contributed by atoms with Crippen LogP contribution >= 0.6 is 0 Å². The summed E-state index contributed by atoms with van der Waals surface area (Å²) in [4.78, 5) is 31.1. The fraction of sp³-hybridized carbons (Fsp3) is 0.842. The van der Waals surface area contributed by atoms with Crippen molar-refractivity contribution in [1.29, 1.82) is 0 Å². The Morgan fingerprint density at radius 1 is 1.21 bits per heavy atom. The molecule has 2 saturated heterocycles. The van der Waals surface area contributed by atoms with E-state index in [1.165, 1.54) is 0 Å². The topological polar surface area (TPSA) is 96.7 Å². The van der Waals surface area contributed by atoms with E-state index in [0.29, 0.717) is 44.9 Å². The first kappa shape index (κ1) is 21.6. The lowest BCUT2D eigenvalue weighted by molar-refractivity contribution is -0.151. The van der Waals surface area contributed by atoms with Gasteiger partial charge in [0.05, 0.1) is 19.8 Å². The second-order valence-electron chi connectivity index (χ2n) is 8.25. The van der Waals surface area contributed by atoms with E-state index >= 15 is 0 Å². The van der Waals surface area contributed by atoms with Crippen LogP contribution in [0.25, 0.3) is 0 Å². The smallest absolute Gasteiger partial charge is 0.245 e. The molecule has 10 nitrogen and oxygen atoms in total. The Balaban J connectivity index is 1.46. The Morgan fingerprint density at radius 3 is 2.69 bits per heavy atom. The number of tetrazole rings is 1. The molecule has 0 unspecified atom stereocenters. The number of nitrogens with zero attached hydrogens (tertiary/aromatic N) is 7. The molecular formula is C19H33N7O3. The van der Waals surface area contributed by atoms with Crippen LogP contribution in [0.4, 0.5) is 0 Å². The van der Waals surface area contributed by atoms with Crippen LogP contribution in [-0.2, 0) is 27.4 Å². The number of carbonyl (C=O) groups excluding carboxylic acids is 2. The summed E-state index contributed by atoms with van der Waals surface area (Å²) < 4.78 is 7.15. The van der Waals surface area contributed by atoms with Crippen LogP contribution in [0, 0.1) is 5.92 Å². The van der Waals surface area contributed by atoms with Crippen LogP contribution < -0.4 is 0 Å². The Morgan fingerprint density at radius 2 is 1.97 bits per heavy atom. The molecule has 0 saturated carbocycles. The van der Waals surface area contributed by atoms with Crippen molar-refractivity contribution in [3.8, 4) is 0 Å². The van der Waals surface area contributed by atoms with Crippen LogP contribution in [-0.4, -0.2) is 98.7 Å². The van der Waals surface area contributed by atoms with Gasteiger partial charge in [-0.1, -0.05) is 13.8 Å². The maximum atomic E-state index is 12.7. The quantitative estimate of drug-likeness (QED) is 0.598. The fourth-order valence-corrected chi connectivity index (χ4v) is 3.89. The van der Waals surface area contributed by atoms with Crippen LogP contribution in [0.3, 0.4) is 0 Å². The number of ether oxygens (including phenoxy) is 1. The molecule has 3 heterocycles. The molecule has 0 bridgehead atoms. The molecule has 1 aromatic rings. The Labute approximate surface area is 172 Å². The molecule has 2 aliphatic rings. The minimum Gasteiger partial charge on any atom is -0.379 e. The number of piperazine rings is 1. The second-order valence-corrected chi connectivity index (χ2v) is 8.25. The van der Waals surface area contributed by atoms with E-state index in [0.717, 1.165) is 38.7 Å². The van der Waals surface area contributed by atoms with Gasteiger partial charge in [-0.25, -0.2) is 4.68 Å². The number of carbonyl (C=O) groups is 2. The van der Waals surface area contributed by atoms with Crippen molar-refractivity contribution in [2.75, 3.05) is 45.9 Å². The third-order valence-corrected chi connectivity index (χ3v) is 5.49. The first-order chi connectivity index (χ1) is 14.0. The molecule has 3 rings (SSSR count). The van der Waals surface area contributed by atoms with E-state index < -0.39 is 0 Å². The molecule has 1 atom stereocenters. The molecule has 0 N–H and O–H groups in total. The lowest BCUT2D eigenvalue weighted by Crippen LogP contribution is -2.58. The van der Waals surface area contributed by atoms with Crippen LogP contribution in [0.2, 0.25) is 0 Å². The van der Waals surface area contributed by atoms with Crippen molar-refractivity contribution in [3.63, 3.8) is 0 Å². The molecular weight excluding hydrogens is 374 g/mol. The molecule has 1 aromatic heterocycles. The van der Waals surface area contributed by atoms with Gasteiger partial charge in [0.15, 0.2) is 5.82 Å². The monoisotopic (exact) mass is 407 g/mol. The summed E-state index contributed by atoms with van der Waals surface area (Å²) in [6.07, 6.45) is 1.03. The summed E-state index contributed by atoms with van der Waals surface area (Å²) in [6.45, 7) is 12.5. The van der Waals surface area contributed by atoms with Crippen LogP contribution in [0.5, 0.6) is 0 Å². The first-order valence-corrected chi connectivity index (χ1v) is 10.6. The summed E-state index contributed by atoms with van der Waals surface area (Å²) in [6, 6.07) is -0.389. The van der Waals surface area contributed by atoms with Crippen molar-refractivity contribution < 1.29 is 14.3 Å². The normalized spacial score (nSPS) is 21.2. The number of hydrogen-bond donors (Lipinski definition) is 0. The zero-order valence-electron chi connectivity index (χ0n) is 17.8. The van der Waals surface area contributed by atoms with E-state index in [4.69, 9.17) is 4.74 Å². The van der Waals surface area contributed by atoms with E-state index in [9.17, 15) is 9.59 Å². The summed E-state index contributed by atoms with van der Waals surface area (Å²) in [5.41, 5.74) is 0. The summed E-state index contributed by atoms with van der Waals surface area (Å²) in [5, 5.41) is 12.0. The molecule has 2 fully saturated rings. The van der Waals surface area contributed by atoms with Crippen molar-refractivity contribution in [3.05, 3.63) is 5.82 Å². The maximum absolute atomic E-state index is 12.7. The van der Waals surface area contributed by atoms with Gasteiger partial charge in [-0.3, -0.25) is 14.5 Å². The zero-order chi connectivity index (χ0) is 20.8. The molecule has 29 heavy (non-hydrogen) atoms. The number of morpholine rings is 1. The van der Waals surface area contributed by atoms with Gasteiger partial charge in [0.25, 0.3) is 0 Å². The molecule has 2 amide bonds.